The number of benzene rings is 3. The summed E-state index contributed by atoms with van der Waals surface area (Å²) in [4.78, 5) is 70.1. The number of aryl methyl sites for hydroxylation is 1. The molecule has 12 heteroatoms. The zero-order valence-corrected chi connectivity index (χ0v) is 34.3. The molecule has 1 unspecified atom stereocenters. The Balaban J connectivity index is 0.790. The number of hydrogen-bond donors (Lipinski definition) is 2. The fraction of sp³-hybridized carbons (Fsp3) is 0.468. The van der Waals surface area contributed by atoms with E-state index < -0.39 is 11.9 Å². The minimum atomic E-state index is -0.709. The van der Waals surface area contributed by atoms with Crippen LogP contribution in [-0.4, -0.2) is 88.4 Å². The lowest BCUT2D eigenvalue weighted by Crippen LogP contribution is -2.47. The predicted molar refractivity (Wildman–Crippen MR) is 230 cm³/mol. The summed E-state index contributed by atoms with van der Waals surface area (Å²) in [6.07, 6.45) is 7.60. The molecule has 0 saturated carbocycles. The standard InChI is InChI=1S/C47H55N7O5/c1-4-43(55)48-31(2)37-13-11-34(38-7-5-6-8-39(37)38)10-9-32-17-23-51(24-18-32)30-33-19-25-53(26-20-33)46(58)35-21-27-52(28-22-35)36-12-14-40-42(29-36)50(3)47(59)54(40)41-15-16-44(56)49-45(41)57/h4-8,11-14,29,31-33,35,41H,1,15-28,30H2,2-3H3,(H,48,55)(H,49,56,57)/t31-,41?/m1/s1. The Morgan fingerprint density at radius 1 is 0.881 bits per heavy atom. The minimum absolute atomic E-state index is 0.0224. The third-order valence-electron chi connectivity index (χ3n) is 13.2. The fourth-order valence-corrected chi connectivity index (χ4v) is 9.72. The summed E-state index contributed by atoms with van der Waals surface area (Å²) in [7, 11) is 1.71. The summed E-state index contributed by atoms with van der Waals surface area (Å²) >= 11 is 0. The molecule has 0 spiro atoms. The van der Waals surface area contributed by atoms with Gasteiger partial charge in [0.15, 0.2) is 0 Å². The predicted octanol–water partition coefficient (Wildman–Crippen LogP) is 5.05. The highest BCUT2D eigenvalue weighted by Crippen LogP contribution is 2.32. The van der Waals surface area contributed by atoms with E-state index in [2.05, 4.69) is 68.0 Å². The first-order valence-corrected chi connectivity index (χ1v) is 21.3. The Morgan fingerprint density at radius 2 is 1.61 bits per heavy atom. The molecule has 12 nitrogen and oxygen atoms in total. The van der Waals surface area contributed by atoms with Crippen LogP contribution in [0.1, 0.15) is 81.5 Å². The lowest BCUT2D eigenvalue weighted by atomic mass is 9.90. The van der Waals surface area contributed by atoms with Gasteiger partial charge in [-0.05, 0) is 118 Å². The second-order valence-corrected chi connectivity index (χ2v) is 16.9. The lowest BCUT2D eigenvalue weighted by molar-refractivity contribution is -0.138. The van der Waals surface area contributed by atoms with Crippen LogP contribution in [0.4, 0.5) is 5.69 Å². The number of rotatable bonds is 8. The average Bonchev–Trinajstić information content (AvgIpc) is 3.50. The van der Waals surface area contributed by atoms with Gasteiger partial charge in [0.25, 0.3) is 0 Å². The Kier molecular flexibility index (Phi) is 11.8. The second kappa shape index (κ2) is 17.3. The van der Waals surface area contributed by atoms with Gasteiger partial charge in [0.05, 0.1) is 17.1 Å². The molecule has 4 amide bonds. The van der Waals surface area contributed by atoms with Crippen molar-refractivity contribution in [1.29, 1.82) is 0 Å². The fourth-order valence-electron chi connectivity index (χ4n) is 9.72. The average molecular weight is 798 g/mol. The molecule has 4 saturated heterocycles. The van der Waals surface area contributed by atoms with Crippen LogP contribution in [0.25, 0.3) is 21.8 Å². The molecular weight excluding hydrogens is 743 g/mol. The summed E-state index contributed by atoms with van der Waals surface area (Å²) in [5.41, 5.74) is 4.23. The smallest absolute Gasteiger partial charge is 0.329 e. The van der Waals surface area contributed by atoms with Crippen molar-refractivity contribution in [2.75, 3.05) is 50.7 Å². The SMILES string of the molecule is C=CC(=O)N[C@H](C)c1ccc(C#CC2CCN(CC3CCN(C(=O)C4CCN(c5ccc6c(c5)n(C)c(=O)n6C5CCC(=O)NC5=O)CC4)CC3)CC2)c2ccccc12. The number of aromatic nitrogens is 2. The van der Waals surface area contributed by atoms with E-state index in [1.165, 1.54) is 10.6 Å². The van der Waals surface area contributed by atoms with E-state index in [4.69, 9.17) is 0 Å². The van der Waals surface area contributed by atoms with Gasteiger partial charge in [-0.2, -0.15) is 0 Å². The Bertz CT molecular complexity index is 2400. The van der Waals surface area contributed by atoms with Gasteiger partial charge in [-0.25, -0.2) is 4.79 Å². The van der Waals surface area contributed by atoms with Crippen molar-refractivity contribution in [1.82, 2.24) is 29.6 Å². The number of fused-ring (bicyclic) bond motifs is 2. The quantitative estimate of drug-likeness (QED) is 0.145. The number of imidazole rings is 1. The van der Waals surface area contributed by atoms with Gasteiger partial charge < -0.3 is 20.0 Å². The number of imide groups is 1. The van der Waals surface area contributed by atoms with Crippen LogP contribution < -0.4 is 21.2 Å². The Morgan fingerprint density at radius 3 is 2.32 bits per heavy atom. The highest BCUT2D eigenvalue weighted by Gasteiger charge is 2.34. The molecule has 0 radical (unpaired) electrons. The maximum atomic E-state index is 13.7. The molecule has 0 bridgehead atoms. The summed E-state index contributed by atoms with van der Waals surface area (Å²) in [6.45, 7) is 11.9. The molecule has 0 aliphatic carbocycles. The Hall–Kier alpha value is -5.67. The van der Waals surface area contributed by atoms with Crippen LogP contribution in [0.15, 0.2) is 72.0 Å². The molecule has 4 aliphatic rings. The molecule has 308 valence electrons. The van der Waals surface area contributed by atoms with E-state index in [1.807, 2.05) is 37.3 Å². The number of nitrogens with one attached hydrogen (secondary N) is 2. The molecular formula is C47H55N7O5. The molecule has 1 aromatic heterocycles. The molecule has 3 aromatic carbocycles. The monoisotopic (exact) mass is 797 g/mol. The molecule has 5 heterocycles. The number of nitrogens with zero attached hydrogens (tertiary/aromatic N) is 5. The molecule has 59 heavy (non-hydrogen) atoms. The van der Waals surface area contributed by atoms with Crippen molar-refractivity contribution in [3.63, 3.8) is 0 Å². The topological polar surface area (TPSA) is 129 Å². The van der Waals surface area contributed by atoms with Crippen molar-refractivity contribution in [3.05, 3.63) is 88.9 Å². The lowest BCUT2D eigenvalue weighted by Gasteiger charge is -2.39. The summed E-state index contributed by atoms with van der Waals surface area (Å²) in [6, 6.07) is 17.5. The first-order valence-electron chi connectivity index (χ1n) is 21.3. The van der Waals surface area contributed by atoms with Crippen LogP contribution in [0, 0.1) is 29.6 Å². The highest BCUT2D eigenvalue weighted by molar-refractivity contribution is 6.00. The van der Waals surface area contributed by atoms with E-state index in [9.17, 15) is 24.0 Å². The maximum Gasteiger partial charge on any atom is 0.329 e. The Labute approximate surface area is 345 Å². The third-order valence-corrected chi connectivity index (χ3v) is 13.2. The van der Waals surface area contributed by atoms with Gasteiger partial charge in [-0.3, -0.25) is 33.6 Å². The van der Waals surface area contributed by atoms with Crippen molar-refractivity contribution in [3.8, 4) is 11.8 Å². The van der Waals surface area contributed by atoms with Gasteiger partial charge in [0.1, 0.15) is 6.04 Å². The number of hydrogen-bond acceptors (Lipinski definition) is 7. The third kappa shape index (κ3) is 8.44. The first-order chi connectivity index (χ1) is 28.6. The van der Waals surface area contributed by atoms with Crippen LogP contribution in [0.2, 0.25) is 0 Å². The molecule has 4 fully saturated rings. The number of carbonyl (C=O) groups is 4. The zero-order valence-electron chi connectivity index (χ0n) is 34.3. The van der Waals surface area contributed by atoms with Crippen molar-refractivity contribution >= 4 is 51.1 Å². The van der Waals surface area contributed by atoms with E-state index in [0.717, 1.165) is 117 Å². The number of anilines is 1. The molecule has 4 aliphatic heterocycles. The number of likely N-dealkylation sites (tertiary alicyclic amines) is 2. The van der Waals surface area contributed by atoms with Crippen molar-refractivity contribution < 1.29 is 19.2 Å². The van der Waals surface area contributed by atoms with Crippen LogP contribution in [0.5, 0.6) is 0 Å². The first kappa shape index (κ1) is 40.1. The minimum Gasteiger partial charge on any atom is -0.371 e. The van der Waals surface area contributed by atoms with E-state index in [-0.39, 0.29) is 41.8 Å². The summed E-state index contributed by atoms with van der Waals surface area (Å²) in [5, 5.41) is 7.56. The summed E-state index contributed by atoms with van der Waals surface area (Å²) in [5.74, 6) is 7.44. The molecule has 8 rings (SSSR count). The number of piperidine rings is 4. The molecule has 2 atom stereocenters. The van der Waals surface area contributed by atoms with Gasteiger partial charge in [-0.1, -0.05) is 48.8 Å². The maximum absolute atomic E-state index is 13.7. The zero-order chi connectivity index (χ0) is 41.2. The summed E-state index contributed by atoms with van der Waals surface area (Å²) < 4.78 is 3.08. The molecule has 2 N–H and O–H groups in total. The van der Waals surface area contributed by atoms with Crippen LogP contribution in [0.3, 0.4) is 0 Å². The van der Waals surface area contributed by atoms with E-state index >= 15 is 0 Å². The second-order valence-electron chi connectivity index (χ2n) is 16.9. The van der Waals surface area contributed by atoms with Crippen LogP contribution >= 0.6 is 0 Å². The van der Waals surface area contributed by atoms with Gasteiger partial charge in [0.2, 0.25) is 23.6 Å². The normalized spacial score (nSPS) is 20.6. The van der Waals surface area contributed by atoms with Crippen molar-refractivity contribution in [2.24, 2.45) is 24.8 Å². The van der Waals surface area contributed by atoms with Crippen molar-refractivity contribution in [2.45, 2.75) is 70.4 Å². The van der Waals surface area contributed by atoms with Crippen LogP contribution in [-0.2, 0) is 26.2 Å². The van der Waals surface area contributed by atoms with Gasteiger partial charge in [0, 0.05) is 69.3 Å². The van der Waals surface area contributed by atoms with E-state index in [1.54, 1.807) is 11.6 Å². The number of amides is 4. The largest absolute Gasteiger partial charge is 0.371 e. The van der Waals surface area contributed by atoms with Gasteiger partial charge in [-0.15, -0.1) is 0 Å². The van der Waals surface area contributed by atoms with Gasteiger partial charge >= 0.3 is 5.69 Å². The number of carbonyl (C=O) groups excluding carboxylic acids is 4. The molecule has 4 aromatic rings. The highest BCUT2D eigenvalue weighted by atomic mass is 16.2. The van der Waals surface area contributed by atoms with E-state index in [0.29, 0.717) is 23.8 Å².